The molecule has 1 aliphatic heterocycles. The summed E-state index contributed by atoms with van der Waals surface area (Å²) in [5.74, 6) is 1.06. The molecule has 28 heavy (non-hydrogen) atoms. The lowest BCUT2D eigenvalue weighted by atomic mass is 10.2. The number of benzene rings is 2. The first kappa shape index (κ1) is 20.4. The zero-order chi connectivity index (χ0) is 19.3. The molecule has 2 aromatic carbocycles. The monoisotopic (exact) mass is 450 g/mol. The van der Waals surface area contributed by atoms with E-state index < -0.39 is 0 Å². The normalized spacial score (nSPS) is 15.4. The molecule has 148 valence electrons. The summed E-state index contributed by atoms with van der Waals surface area (Å²) in [6, 6.07) is 14.6. The highest BCUT2D eigenvalue weighted by Crippen LogP contribution is 2.34. The number of nitrogens with zero attached hydrogens (tertiary/aromatic N) is 2. The van der Waals surface area contributed by atoms with Gasteiger partial charge in [-0.25, -0.2) is 0 Å². The van der Waals surface area contributed by atoms with Gasteiger partial charge in [0.25, 0.3) is 0 Å². The van der Waals surface area contributed by atoms with Crippen molar-refractivity contribution in [2.45, 2.75) is 17.7 Å². The first-order chi connectivity index (χ1) is 13.7. The number of hydrogen-bond donors (Lipinski definition) is 0. The van der Waals surface area contributed by atoms with Crippen LogP contribution < -0.4 is 4.90 Å². The molecule has 2 heterocycles. The summed E-state index contributed by atoms with van der Waals surface area (Å²) in [7, 11) is 0. The second-order valence-electron chi connectivity index (χ2n) is 7.05. The quantitative estimate of drug-likeness (QED) is 0.285. The fourth-order valence-electron chi connectivity index (χ4n) is 3.67. The summed E-state index contributed by atoms with van der Waals surface area (Å²) in [4.78, 5) is 6.16. The number of piperazine rings is 1. The third-order valence-corrected chi connectivity index (χ3v) is 8.23. The lowest BCUT2D eigenvalue weighted by molar-refractivity contribution is 0.254. The Morgan fingerprint density at radius 2 is 1.64 bits per heavy atom. The zero-order valence-corrected chi connectivity index (χ0v) is 18.9. The largest absolute Gasteiger partial charge is 0.368 e. The molecule has 4 rings (SSSR count). The van der Waals surface area contributed by atoms with Crippen molar-refractivity contribution in [3.05, 3.63) is 57.9 Å². The SMILES string of the molecule is Clc1cccc(Cl)c1SCCCCN1CCN(c2cccc3ccsc23)CC1. The average molecular weight is 451 g/mol. The second kappa shape index (κ2) is 9.73. The van der Waals surface area contributed by atoms with E-state index in [0.29, 0.717) is 0 Å². The molecule has 1 aromatic heterocycles. The minimum Gasteiger partial charge on any atom is -0.368 e. The van der Waals surface area contributed by atoms with Gasteiger partial charge in [0.05, 0.1) is 20.4 Å². The maximum atomic E-state index is 6.24. The number of thiophene rings is 1. The summed E-state index contributed by atoms with van der Waals surface area (Å²) in [6.07, 6.45) is 2.40. The Morgan fingerprint density at radius 1 is 0.893 bits per heavy atom. The third-order valence-electron chi connectivity index (χ3n) is 5.21. The smallest absolute Gasteiger partial charge is 0.0576 e. The molecule has 6 heteroatoms. The third kappa shape index (κ3) is 4.80. The van der Waals surface area contributed by atoms with Crippen molar-refractivity contribution in [1.82, 2.24) is 4.90 Å². The maximum Gasteiger partial charge on any atom is 0.0576 e. The minimum absolute atomic E-state index is 0.759. The Bertz CT molecular complexity index is 900. The molecular weight excluding hydrogens is 427 g/mol. The van der Waals surface area contributed by atoms with Crippen molar-refractivity contribution >= 4 is 62.1 Å². The van der Waals surface area contributed by atoms with Crippen LogP contribution in [0.3, 0.4) is 0 Å². The van der Waals surface area contributed by atoms with Crippen molar-refractivity contribution in [3.63, 3.8) is 0 Å². The van der Waals surface area contributed by atoms with Gasteiger partial charge in [-0.15, -0.1) is 23.1 Å². The van der Waals surface area contributed by atoms with E-state index in [1.165, 1.54) is 35.2 Å². The topological polar surface area (TPSA) is 6.48 Å². The van der Waals surface area contributed by atoms with E-state index >= 15 is 0 Å². The van der Waals surface area contributed by atoms with Crippen LogP contribution in [0.5, 0.6) is 0 Å². The molecule has 0 bridgehead atoms. The second-order valence-corrected chi connectivity index (χ2v) is 9.89. The summed E-state index contributed by atoms with van der Waals surface area (Å²) < 4.78 is 1.42. The Hall–Kier alpha value is -0.910. The van der Waals surface area contributed by atoms with Crippen LogP contribution in [0.2, 0.25) is 10.0 Å². The minimum atomic E-state index is 0.759. The number of hydrogen-bond acceptors (Lipinski definition) is 4. The predicted molar refractivity (Wildman–Crippen MR) is 127 cm³/mol. The number of fused-ring (bicyclic) bond motifs is 1. The molecule has 0 atom stereocenters. The molecule has 0 spiro atoms. The number of rotatable bonds is 7. The fraction of sp³-hybridized carbons (Fsp3) is 0.364. The highest BCUT2D eigenvalue weighted by molar-refractivity contribution is 7.99. The molecule has 0 aliphatic carbocycles. The van der Waals surface area contributed by atoms with Gasteiger partial charge in [-0.1, -0.05) is 41.4 Å². The van der Waals surface area contributed by atoms with Crippen LogP contribution in [0.4, 0.5) is 5.69 Å². The van der Waals surface area contributed by atoms with Crippen molar-refractivity contribution in [1.29, 1.82) is 0 Å². The van der Waals surface area contributed by atoms with Gasteiger partial charge in [0, 0.05) is 31.1 Å². The van der Waals surface area contributed by atoms with Crippen LogP contribution >= 0.6 is 46.3 Å². The van der Waals surface area contributed by atoms with Crippen LogP contribution in [0.15, 0.2) is 52.7 Å². The molecule has 1 aliphatic rings. The summed E-state index contributed by atoms with van der Waals surface area (Å²) >= 11 is 16.1. The lowest BCUT2D eigenvalue weighted by Crippen LogP contribution is -2.46. The van der Waals surface area contributed by atoms with Crippen molar-refractivity contribution in [2.75, 3.05) is 43.4 Å². The van der Waals surface area contributed by atoms with E-state index in [-0.39, 0.29) is 0 Å². The predicted octanol–water partition coefficient (Wildman–Crippen LogP) is 6.90. The van der Waals surface area contributed by atoms with E-state index in [2.05, 4.69) is 39.4 Å². The lowest BCUT2D eigenvalue weighted by Gasteiger charge is -2.36. The average Bonchev–Trinajstić information content (AvgIpc) is 3.19. The van der Waals surface area contributed by atoms with Crippen LogP contribution in [-0.2, 0) is 0 Å². The van der Waals surface area contributed by atoms with Gasteiger partial charge in [0.1, 0.15) is 0 Å². The number of halogens is 2. The van der Waals surface area contributed by atoms with E-state index in [1.807, 2.05) is 29.5 Å². The Kier molecular flexibility index (Phi) is 7.08. The van der Waals surface area contributed by atoms with Gasteiger partial charge < -0.3 is 4.90 Å². The molecule has 1 fully saturated rings. The maximum absolute atomic E-state index is 6.24. The number of unbranched alkanes of at least 4 members (excludes halogenated alkanes) is 1. The summed E-state index contributed by atoms with van der Waals surface area (Å²) in [6.45, 7) is 5.69. The zero-order valence-electron chi connectivity index (χ0n) is 15.7. The van der Waals surface area contributed by atoms with E-state index in [9.17, 15) is 0 Å². The highest BCUT2D eigenvalue weighted by Gasteiger charge is 2.18. The number of thioether (sulfide) groups is 1. The van der Waals surface area contributed by atoms with Gasteiger partial charge >= 0.3 is 0 Å². The molecular formula is C22H24Cl2N2S2. The molecule has 0 unspecified atom stereocenters. The van der Waals surface area contributed by atoms with E-state index in [0.717, 1.165) is 46.9 Å². The van der Waals surface area contributed by atoms with Gasteiger partial charge in [-0.3, -0.25) is 4.90 Å². The molecule has 2 nitrogen and oxygen atoms in total. The number of anilines is 1. The Labute approximate surface area is 185 Å². The van der Waals surface area contributed by atoms with Gasteiger partial charge in [-0.05, 0) is 60.2 Å². The molecule has 0 N–H and O–H groups in total. The summed E-state index contributed by atoms with van der Waals surface area (Å²) in [5.41, 5.74) is 1.40. The fourth-order valence-corrected chi connectivity index (χ4v) is 6.30. The van der Waals surface area contributed by atoms with Crippen LogP contribution in [0.25, 0.3) is 10.1 Å². The van der Waals surface area contributed by atoms with Crippen molar-refractivity contribution < 1.29 is 0 Å². The molecule has 0 saturated carbocycles. The molecule has 0 amide bonds. The van der Waals surface area contributed by atoms with Crippen LogP contribution in [0.1, 0.15) is 12.8 Å². The van der Waals surface area contributed by atoms with Crippen LogP contribution in [-0.4, -0.2) is 43.4 Å². The van der Waals surface area contributed by atoms with Crippen LogP contribution in [0, 0.1) is 0 Å². The first-order valence-electron chi connectivity index (χ1n) is 9.73. The van der Waals surface area contributed by atoms with Crippen molar-refractivity contribution in [3.8, 4) is 0 Å². The molecule has 1 saturated heterocycles. The standard InChI is InChI=1S/C22H24Cl2N2S2/c23-18-6-4-7-19(24)22(18)27-15-2-1-10-25-11-13-26(14-12-25)20-8-3-5-17-9-16-28-21(17)20/h3-9,16H,1-2,10-15H2. The Morgan fingerprint density at radius 3 is 2.43 bits per heavy atom. The van der Waals surface area contributed by atoms with Crippen molar-refractivity contribution in [2.24, 2.45) is 0 Å². The molecule has 0 radical (unpaired) electrons. The Balaban J connectivity index is 1.20. The first-order valence-corrected chi connectivity index (χ1v) is 12.3. The van der Waals surface area contributed by atoms with E-state index in [4.69, 9.17) is 23.2 Å². The van der Waals surface area contributed by atoms with E-state index in [1.54, 1.807) is 11.8 Å². The van der Waals surface area contributed by atoms with Gasteiger partial charge in [-0.2, -0.15) is 0 Å². The van der Waals surface area contributed by atoms with Gasteiger partial charge in [0.15, 0.2) is 0 Å². The van der Waals surface area contributed by atoms with Gasteiger partial charge in [0.2, 0.25) is 0 Å². The molecule has 3 aromatic rings. The highest BCUT2D eigenvalue weighted by atomic mass is 35.5. The summed E-state index contributed by atoms with van der Waals surface area (Å²) in [5, 5.41) is 5.07.